The predicted molar refractivity (Wildman–Crippen MR) is 112 cm³/mol. The Morgan fingerprint density at radius 1 is 1.27 bits per heavy atom. The van der Waals surface area contributed by atoms with E-state index >= 15 is 0 Å². The lowest BCUT2D eigenvalue weighted by Crippen LogP contribution is -2.45. The van der Waals surface area contributed by atoms with Gasteiger partial charge in [-0.05, 0) is 37.3 Å². The maximum atomic E-state index is 12.2. The molecule has 1 amide bonds. The third-order valence-corrected chi connectivity index (χ3v) is 5.35. The number of carbonyl (C=O) groups excluding carboxylic acids is 1. The lowest BCUT2D eigenvalue weighted by atomic mass is 10.0. The van der Waals surface area contributed by atoms with Crippen LogP contribution in [0.4, 0.5) is 10.6 Å². The van der Waals surface area contributed by atoms with Gasteiger partial charge in [0.1, 0.15) is 18.2 Å². The molecule has 0 bridgehead atoms. The second-order valence-corrected chi connectivity index (χ2v) is 7.87. The van der Waals surface area contributed by atoms with Crippen LogP contribution in [-0.2, 0) is 11.2 Å². The molecule has 0 spiro atoms. The molecule has 8 nitrogen and oxygen atoms in total. The summed E-state index contributed by atoms with van der Waals surface area (Å²) < 4.78 is 10.6. The number of anilines is 1. The minimum Gasteiger partial charge on any atom is -0.447 e. The molecule has 0 unspecified atom stereocenters. The Balaban J connectivity index is 1.50. The van der Waals surface area contributed by atoms with Crippen LogP contribution in [0.1, 0.15) is 31.3 Å². The summed E-state index contributed by atoms with van der Waals surface area (Å²) in [7, 11) is 0. The van der Waals surface area contributed by atoms with Crippen molar-refractivity contribution < 1.29 is 14.1 Å². The topological polar surface area (TPSA) is 107 Å². The number of aromatic nitrogens is 3. The van der Waals surface area contributed by atoms with Crippen molar-refractivity contribution in [2.45, 2.75) is 38.3 Å². The van der Waals surface area contributed by atoms with Crippen molar-refractivity contribution >= 4 is 23.5 Å². The summed E-state index contributed by atoms with van der Waals surface area (Å²) in [5.41, 5.74) is 7.69. The molecule has 1 aliphatic rings. The molecule has 0 aliphatic carbocycles. The molecule has 1 aliphatic heterocycles. The second kappa shape index (κ2) is 8.41. The van der Waals surface area contributed by atoms with Crippen molar-refractivity contribution in [3.8, 4) is 11.3 Å². The van der Waals surface area contributed by atoms with Gasteiger partial charge in [-0.25, -0.2) is 14.8 Å². The standard InChI is InChI=1S/C21H22ClN5O3/c1-12(16-10-18(30-26-16)14-3-5-15(22)6-4-14)9-19-24-8-7-20(25-19)27-17(13(2)23)11-29-21(27)28/h3-8,10,12-13,17H,9,11,23H2,1-2H3/t12-,13-,17-/m1/s1. The van der Waals surface area contributed by atoms with Gasteiger partial charge in [-0.2, -0.15) is 0 Å². The number of halogens is 1. The van der Waals surface area contributed by atoms with Crippen LogP contribution < -0.4 is 10.6 Å². The molecule has 2 aromatic heterocycles. The molecule has 3 aromatic rings. The van der Waals surface area contributed by atoms with Crippen LogP contribution in [0.25, 0.3) is 11.3 Å². The van der Waals surface area contributed by atoms with Crippen LogP contribution >= 0.6 is 11.6 Å². The number of benzene rings is 1. The zero-order chi connectivity index (χ0) is 21.3. The van der Waals surface area contributed by atoms with Gasteiger partial charge in [0.15, 0.2) is 5.76 Å². The van der Waals surface area contributed by atoms with Crippen molar-refractivity contribution in [3.05, 3.63) is 59.1 Å². The minimum atomic E-state index is -0.445. The summed E-state index contributed by atoms with van der Waals surface area (Å²) in [6.07, 6.45) is 1.72. The van der Waals surface area contributed by atoms with E-state index in [2.05, 4.69) is 15.1 Å². The molecule has 9 heteroatoms. The Hall–Kier alpha value is -2.97. The number of hydrogen-bond acceptors (Lipinski definition) is 7. The van der Waals surface area contributed by atoms with Crippen LogP contribution in [0, 0.1) is 0 Å². The Labute approximate surface area is 179 Å². The molecule has 0 radical (unpaired) electrons. The molecule has 1 fully saturated rings. The largest absolute Gasteiger partial charge is 0.447 e. The highest BCUT2D eigenvalue weighted by atomic mass is 35.5. The molecule has 3 atom stereocenters. The lowest BCUT2D eigenvalue weighted by Gasteiger charge is -2.23. The Morgan fingerprint density at radius 3 is 2.77 bits per heavy atom. The first-order valence-corrected chi connectivity index (χ1v) is 10.1. The Morgan fingerprint density at radius 2 is 2.03 bits per heavy atom. The predicted octanol–water partition coefficient (Wildman–Crippen LogP) is 3.80. The number of nitrogens with zero attached hydrogens (tertiary/aromatic N) is 4. The number of nitrogens with two attached hydrogens (primary N) is 1. The van der Waals surface area contributed by atoms with E-state index < -0.39 is 6.09 Å². The molecule has 30 heavy (non-hydrogen) atoms. The highest BCUT2D eigenvalue weighted by Gasteiger charge is 2.37. The van der Waals surface area contributed by atoms with Crippen molar-refractivity contribution in [2.24, 2.45) is 5.73 Å². The molecule has 1 saturated heterocycles. The highest BCUT2D eigenvalue weighted by Crippen LogP contribution is 2.27. The van der Waals surface area contributed by atoms with E-state index in [1.165, 1.54) is 4.90 Å². The molecule has 2 N–H and O–H groups in total. The van der Waals surface area contributed by atoms with E-state index in [0.29, 0.717) is 28.8 Å². The first kappa shape index (κ1) is 20.3. The number of ether oxygens (including phenoxy) is 1. The molecule has 1 aromatic carbocycles. The Bertz CT molecular complexity index is 1040. The van der Waals surface area contributed by atoms with Gasteiger partial charge in [0.2, 0.25) is 0 Å². The summed E-state index contributed by atoms with van der Waals surface area (Å²) in [6.45, 7) is 4.11. The molecule has 3 heterocycles. The van der Waals surface area contributed by atoms with E-state index in [9.17, 15) is 4.79 Å². The van der Waals surface area contributed by atoms with Gasteiger partial charge < -0.3 is 15.0 Å². The summed E-state index contributed by atoms with van der Waals surface area (Å²) in [5.74, 6) is 1.76. The second-order valence-electron chi connectivity index (χ2n) is 7.43. The fourth-order valence-electron chi connectivity index (χ4n) is 3.36. The van der Waals surface area contributed by atoms with Gasteiger partial charge in [-0.3, -0.25) is 4.90 Å². The highest BCUT2D eigenvalue weighted by molar-refractivity contribution is 6.30. The summed E-state index contributed by atoms with van der Waals surface area (Å²) in [4.78, 5) is 22.6. The number of rotatable bonds is 6. The first-order chi connectivity index (χ1) is 14.4. The number of cyclic esters (lactones) is 1. The average molecular weight is 428 g/mol. The van der Waals surface area contributed by atoms with Gasteiger partial charge in [0, 0.05) is 41.2 Å². The maximum Gasteiger partial charge on any atom is 0.415 e. The first-order valence-electron chi connectivity index (χ1n) is 9.68. The number of amides is 1. The number of carbonyl (C=O) groups is 1. The van der Waals surface area contributed by atoms with Gasteiger partial charge >= 0.3 is 6.09 Å². The van der Waals surface area contributed by atoms with Crippen molar-refractivity contribution in [2.75, 3.05) is 11.5 Å². The average Bonchev–Trinajstić information content (AvgIpc) is 3.36. The number of hydrogen-bond donors (Lipinski definition) is 1. The van der Waals surface area contributed by atoms with Crippen molar-refractivity contribution in [1.82, 2.24) is 15.1 Å². The molecule has 0 saturated carbocycles. The lowest BCUT2D eigenvalue weighted by molar-refractivity contribution is 0.178. The Kier molecular flexibility index (Phi) is 5.69. The van der Waals surface area contributed by atoms with Crippen LogP contribution in [0.15, 0.2) is 47.1 Å². The SMILES string of the molecule is C[C@H](Cc1nccc(N2C(=O)OC[C@@H]2[C@@H](C)N)n1)c1cc(-c2ccc(Cl)cc2)on1. The maximum absolute atomic E-state index is 12.2. The van der Waals surface area contributed by atoms with E-state index in [0.717, 1.165) is 11.3 Å². The van der Waals surface area contributed by atoms with Crippen LogP contribution in [0.3, 0.4) is 0 Å². The molecule has 156 valence electrons. The van der Waals surface area contributed by atoms with E-state index in [1.54, 1.807) is 24.4 Å². The molecular formula is C21H22ClN5O3. The van der Waals surface area contributed by atoms with Gasteiger partial charge in [-0.1, -0.05) is 23.7 Å². The fraction of sp³-hybridized carbons (Fsp3) is 0.333. The van der Waals surface area contributed by atoms with Gasteiger partial charge in [0.25, 0.3) is 0 Å². The van der Waals surface area contributed by atoms with Crippen molar-refractivity contribution in [3.63, 3.8) is 0 Å². The van der Waals surface area contributed by atoms with E-state index in [4.69, 9.17) is 26.6 Å². The zero-order valence-electron chi connectivity index (χ0n) is 16.7. The third-order valence-electron chi connectivity index (χ3n) is 5.10. The van der Waals surface area contributed by atoms with E-state index in [-0.39, 0.29) is 24.6 Å². The van der Waals surface area contributed by atoms with Gasteiger partial charge in [0.05, 0.1) is 11.7 Å². The summed E-state index contributed by atoms with van der Waals surface area (Å²) in [6, 6.07) is 10.5. The van der Waals surface area contributed by atoms with Crippen LogP contribution in [0.2, 0.25) is 5.02 Å². The van der Waals surface area contributed by atoms with E-state index in [1.807, 2.05) is 32.0 Å². The minimum absolute atomic E-state index is 0.0137. The van der Waals surface area contributed by atoms with Crippen LogP contribution in [-0.4, -0.2) is 39.9 Å². The quantitative estimate of drug-likeness (QED) is 0.637. The summed E-state index contributed by atoms with van der Waals surface area (Å²) >= 11 is 5.94. The van der Waals surface area contributed by atoms with Crippen LogP contribution in [0.5, 0.6) is 0 Å². The third kappa shape index (κ3) is 4.15. The van der Waals surface area contributed by atoms with Gasteiger partial charge in [-0.15, -0.1) is 0 Å². The van der Waals surface area contributed by atoms with Crippen molar-refractivity contribution in [1.29, 1.82) is 0 Å². The smallest absolute Gasteiger partial charge is 0.415 e. The zero-order valence-corrected chi connectivity index (χ0v) is 17.4. The normalized spacial score (nSPS) is 18.3. The summed E-state index contributed by atoms with van der Waals surface area (Å²) in [5, 5.41) is 4.86. The molecular weight excluding hydrogens is 406 g/mol. The monoisotopic (exact) mass is 427 g/mol. The molecule has 4 rings (SSSR count). The fourth-order valence-corrected chi connectivity index (χ4v) is 3.48.